The van der Waals surface area contributed by atoms with Crippen molar-refractivity contribution in [1.29, 1.82) is 0 Å². The van der Waals surface area contributed by atoms with Gasteiger partial charge in [-0.15, -0.1) is 0 Å². The molecule has 0 amide bonds. The third-order valence-corrected chi connectivity index (χ3v) is 5.01. The monoisotopic (exact) mass is 308 g/mol. The molecule has 2 rings (SSSR count). The number of nitrogens with one attached hydrogen (secondary N) is 1. The average molecular weight is 309 g/mol. The van der Waals surface area contributed by atoms with Crippen LogP contribution >= 0.6 is 11.6 Å². The second kappa shape index (κ2) is 5.22. The molecule has 0 bridgehead atoms. The normalized spacial score (nSPS) is 21.0. The Labute approximate surface area is 115 Å². The summed E-state index contributed by atoms with van der Waals surface area (Å²) in [5, 5.41) is 13.1. The van der Waals surface area contributed by atoms with Gasteiger partial charge in [0.15, 0.2) is 21.5 Å². The topological polar surface area (TPSA) is 79.3 Å². The number of rotatable bonds is 3. The number of nitrogens with zero attached hydrogens (tertiary/aromatic N) is 1. The summed E-state index contributed by atoms with van der Waals surface area (Å²) in [6, 6.07) is 1.12. The minimum atomic E-state index is -3.05. The molecule has 0 spiro atoms. The largest absolute Gasteiger partial charge is 0.388 e. The molecule has 0 unspecified atom stereocenters. The quantitative estimate of drug-likeness (QED) is 0.878. The number of aliphatic hydroxyl groups is 1. The number of anilines is 1. The molecule has 106 valence electrons. The number of sulfone groups is 1. The predicted molar refractivity (Wildman–Crippen MR) is 70.5 cm³/mol. The van der Waals surface area contributed by atoms with Crippen LogP contribution in [0.2, 0.25) is 5.02 Å². The van der Waals surface area contributed by atoms with Crippen LogP contribution in [0.25, 0.3) is 0 Å². The van der Waals surface area contributed by atoms with E-state index in [1.807, 2.05) is 0 Å². The Morgan fingerprint density at radius 3 is 2.68 bits per heavy atom. The molecular formula is C11H14ClFN2O3S. The lowest BCUT2D eigenvalue weighted by Gasteiger charge is -2.32. The first-order valence-electron chi connectivity index (χ1n) is 5.77. The van der Waals surface area contributed by atoms with Crippen LogP contribution in [0.3, 0.4) is 0 Å². The van der Waals surface area contributed by atoms with Crippen LogP contribution in [0, 0.1) is 5.82 Å². The maximum atomic E-state index is 13.5. The van der Waals surface area contributed by atoms with Gasteiger partial charge >= 0.3 is 0 Å². The predicted octanol–water partition coefficient (Wildman–Crippen LogP) is 1.23. The summed E-state index contributed by atoms with van der Waals surface area (Å²) in [4.78, 5) is 3.77. The third kappa shape index (κ3) is 3.77. The molecule has 1 saturated heterocycles. The SMILES string of the molecule is O=S1(=O)CCC(O)(CNc2ncc(Cl)cc2F)CC1. The molecule has 5 nitrogen and oxygen atoms in total. The highest BCUT2D eigenvalue weighted by molar-refractivity contribution is 7.91. The first kappa shape index (κ1) is 14.5. The third-order valence-electron chi connectivity index (χ3n) is 3.15. The number of halogens is 2. The van der Waals surface area contributed by atoms with Gasteiger partial charge in [0, 0.05) is 12.7 Å². The van der Waals surface area contributed by atoms with Crippen LogP contribution in [-0.4, -0.2) is 42.2 Å². The highest BCUT2D eigenvalue weighted by Crippen LogP contribution is 2.24. The van der Waals surface area contributed by atoms with Crippen molar-refractivity contribution in [2.45, 2.75) is 18.4 Å². The van der Waals surface area contributed by atoms with Crippen LogP contribution in [0.15, 0.2) is 12.3 Å². The van der Waals surface area contributed by atoms with E-state index in [0.717, 1.165) is 6.07 Å². The molecule has 1 aromatic heterocycles. The van der Waals surface area contributed by atoms with Gasteiger partial charge in [0.2, 0.25) is 0 Å². The van der Waals surface area contributed by atoms with Crippen molar-refractivity contribution in [3.8, 4) is 0 Å². The van der Waals surface area contributed by atoms with E-state index < -0.39 is 21.3 Å². The lowest BCUT2D eigenvalue weighted by Crippen LogP contribution is -2.44. The number of hydrogen-bond acceptors (Lipinski definition) is 5. The smallest absolute Gasteiger partial charge is 0.166 e. The molecule has 0 aromatic carbocycles. The minimum absolute atomic E-state index is 0.00810. The van der Waals surface area contributed by atoms with E-state index >= 15 is 0 Å². The molecule has 1 fully saturated rings. The van der Waals surface area contributed by atoms with Gasteiger partial charge in [-0.2, -0.15) is 0 Å². The lowest BCUT2D eigenvalue weighted by molar-refractivity contribution is 0.0435. The van der Waals surface area contributed by atoms with E-state index in [1.54, 1.807) is 0 Å². The number of hydrogen-bond donors (Lipinski definition) is 2. The molecule has 0 aliphatic carbocycles. The molecule has 8 heteroatoms. The lowest BCUT2D eigenvalue weighted by atomic mass is 9.97. The zero-order valence-electron chi connectivity index (χ0n) is 10.1. The molecule has 1 aliphatic rings. The van der Waals surface area contributed by atoms with Crippen LogP contribution in [0.4, 0.5) is 10.2 Å². The van der Waals surface area contributed by atoms with Crippen LogP contribution in [0.5, 0.6) is 0 Å². The zero-order valence-corrected chi connectivity index (χ0v) is 11.6. The highest BCUT2D eigenvalue weighted by atomic mass is 35.5. The minimum Gasteiger partial charge on any atom is -0.388 e. The Kier molecular flexibility index (Phi) is 3.98. The molecule has 0 atom stereocenters. The van der Waals surface area contributed by atoms with Crippen LogP contribution in [-0.2, 0) is 9.84 Å². The standard InChI is InChI=1S/C11H14ClFN2O3S/c12-8-5-9(13)10(14-6-8)15-7-11(16)1-3-19(17,18)4-2-11/h5-6,16H,1-4,7H2,(H,14,15). The molecule has 1 aliphatic heterocycles. The van der Waals surface area contributed by atoms with E-state index in [4.69, 9.17) is 11.6 Å². The molecule has 1 aromatic rings. The Hall–Kier alpha value is -0.920. The maximum Gasteiger partial charge on any atom is 0.166 e. The summed E-state index contributed by atoms with van der Waals surface area (Å²) in [5.41, 5.74) is -1.15. The fraction of sp³-hybridized carbons (Fsp3) is 0.545. The Morgan fingerprint density at radius 1 is 1.47 bits per heavy atom. The number of aromatic nitrogens is 1. The van der Waals surface area contributed by atoms with Crippen LogP contribution < -0.4 is 5.32 Å². The van der Waals surface area contributed by atoms with Gasteiger partial charge in [-0.3, -0.25) is 0 Å². The van der Waals surface area contributed by atoms with E-state index in [1.165, 1.54) is 6.20 Å². The Morgan fingerprint density at radius 2 is 2.11 bits per heavy atom. The summed E-state index contributed by atoms with van der Waals surface area (Å²) >= 11 is 5.58. The molecule has 19 heavy (non-hydrogen) atoms. The van der Waals surface area contributed by atoms with Crippen molar-refractivity contribution in [1.82, 2.24) is 4.98 Å². The second-order valence-electron chi connectivity index (χ2n) is 4.71. The van der Waals surface area contributed by atoms with E-state index in [-0.39, 0.29) is 41.7 Å². The van der Waals surface area contributed by atoms with Gasteiger partial charge < -0.3 is 10.4 Å². The van der Waals surface area contributed by atoms with Crippen molar-refractivity contribution in [2.75, 3.05) is 23.4 Å². The van der Waals surface area contributed by atoms with Crippen molar-refractivity contribution in [3.05, 3.63) is 23.1 Å². The van der Waals surface area contributed by atoms with Crippen molar-refractivity contribution in [3.63, 3.8) is 0 Å². The van der Waals surface area contributed by atoms with Gasteiger partial charge in [0.1, 0.15) is 0 Å². The fourth-order valence-corrected chi connectivity index (χ4v) is 3.62. The molecular weight excluding hydrogens is 295 g/mol. The van der Waals surface area contributed by atoms with E-state index in [2.05, 4.69) is 10.3 Å². The van der Waals surface area contributed by atoms with E-state index in [9.17, 15) is 17.9 Å². The van der Waals surface area contributed by atoms with E-state index in [0.29, 0.717) is 0 Å². The summed E-state index contributed by atoms with van der Waals surface area (Å²) in [7, 11) is -3.05. The average Bonchev–Trinajstić information content (AvgIpc) is 2.33. The summed E-state index contributed by atoms with van der Waals surface area (Å²) in [6.07, 6.45) is 1.57. The van der Waals surface area contributed by atoms with Crippen molar-refractivity contribution >= 4 is 27.3 Å². The Bertz CT molecular complexity index is 565. The van der Waals surface area contributed by atoms with Crippen LogP contribution in [0.1, 0.15) is 12.8 Å². The van der Waals surface area contributed by atoms with Gasteiger partial charge in [-0.1, -0.05) is 11.6 Å². The first-order chi connectivity index (χ1) is 8.80. The molecule has 2 N–H and O–H groups in total. The van der Waals surface area contributed by atoms with Gasteiger partial charge in [-0.05, 0) is 18.9 Å². The molecule has 0 radical (unpaired) electrons. The Balaban J connectivity index is 1.99. The summed E-state index contributed by atoms with van der Waals surface area (Å²) in [5.74, 6) is -0.727. The van der Waals surface area contributed by atoms with Crippen molar-refractivity contribution in [2.24, 2.45) is 0 Å². The van der Waals surface area contributed by atoms with Crippen molar-refractivity contribution < 1.29 is 17.9 Å². The molecule has 2 heterocycles. The number of pyridine rings is 1. The first-order valence-corrected chi connectivity index (χ1v) is 7.97. The molecule has 0 saturated carbocycles. The van der Waals surface area contributed by atoms with Gasteiger partial charge in [-0.25, -0.2) is 17.8 Å². The fourth-order valence-electron chi connectivity index (χ4n) is 1.89. The maximum absolute atomic E-state index is 13.5. The summed E-state index contributed by atoms with van der Waals surface area (Å²) in [6.45, 7) is 0.0497. The second-order valence-corrected chi connectivity index (χ2v) is 7.45. The zero-order chi connectivity index (χ0) is 14.1. The van der Waals surface area contributed by atoms with Gasteiger partial charge in [0.25, 0.3) is 0 Å². The highest BCUT2D eigenvalue weighted by Gasteiger charge is 2.35. The van der Waals surface area contributed by atoms with Gasteiger partial charge in [0.05, 0.1) is 22.1 Å². The summed E-state index contributed by atoms with van der Waals surface area (Å²) < 4.78 is 36.0.